The number of hydrogen-bond acceptors (Lipinski definition) is 4. The first-order valence-electron chi connectivity index (χ1n) is 5.85. The lowest BCUT2D eigenvalue weighted by Gasteiger charge is -2.27. The van der Waals surface area contributed by atoms with Crippen LogP contribution in [0.5, 0.6) is 5.75 Å². The molecule has 0 radical (unpaired) electrons. The van der Waals surface area contributed by atoms with E-state index in [9.17, 15) is 15.0 Å². The van der Waals surface area contributed by atoms with Crippen molar-refractivity contribution in [1.82, 2.24) is 10.2 Å². The lowest BCUT2D eigenvalue weighted by Crippen LogP contribution is -2.47. The van der Waals surface area contributed by atoms with Gasteiger partial charge in [0.15, 0.2) is 0 Å². The summed E-state index contributed by atoms with van der Waals surface area (Å²) in [6, 6.07) is 4.62. The molecule has 1 unspecified atom stereocenters. The number of likely N-dealkylation sites (N-methyl/N-ethyl adjacent to an activating group) is 1. The van der Waals surface area contributed by atoms with Gasteiger partial charge >= 0.3 is 0 Å². The minimum absolute atomic E-state index is 0.0899. The third-order valence-corrected chi connectivity index (χ3v) is 2.98. The van der Waals surface area contributed by atoms with Crippen LogP contribution in [0.25, 0.3) is 0 Å². The Kier molecular flexibility index (Phi) is 5.34. The van der Waals surface area contributed by atoms with Crippen molar-refractivity contribution in [2.45, 2.75) is 12.5 Å². The largest absolute Gasteiger partial charge is 0.507 e. The second-order valence-electron chi connectivity index (χ2n) is 5.08. The number of nitrogens with one attached hydrogen (secondary N) is 1. The molecule has 19 heavy (non-hydrogen) atoms. The lowest BCUT2D eigenvalue weighted by molar-refractivity contribution is 0.0325. The molecule has 0 saturated heterocycles. The summed E-state index contributed by atoms with van der Waals surface area (Å²) >= 11 is 3.24. The number of aliphatic hydroxyl groups is 1. The van der Waals surface area contributed by atoms with Gasteiger partial charge in [-0.15, -0.1) is 0 Å². The van der Waals surface area contributed by atoms with Gasteiger partial charge in [0.25, 0.3) is 5.91 Å². The third kappa shape index (κ3) is 5.18. The number of halogens is 1. The summed E-state index contributed by atoms with van der Waals surface area (Å²) in [5.41, 5.74) is -0.851. The SMILES string of the molecule is CN(C)CC(C)(O)CNC(=O)c1cc(Br)ccc1O. The maximum Gasteiger partial charge on any atom is 0.255 e. The number of phenols is 1. The van der Waals surface area contributed by atoms with Gasteiger partial charge in [-0.25, -0.2) is 0 Å². The predicted molar refractivity (Wildman–Crippen MR) is 77.3 cm³/mol. The van der Waals surface area contributed by atoms with Crippen molar-refractivity contribution in [3.05, 3.63) is 28.2 Å². The fourth-order valence-corrected chi connectivity index (χ4v) is 2.15. The lowest BCUT2D eigenvalue weighted by atomic mass is 10.1. The number of phenolic OH excluding ortho intramolecular Hbond substituents is 1. The summed E-state index contributed by atoms with van der Waals surface area (Å²) < 4.78 is 0.704. The molecule has 0 aromatic heterocycles. The number of amides is 1. The van der Waals surface area contributed by atoms with Crippen LogP contribution >= 0.6 is 15.9 Å². The Morgan fingerprint density at radius 1 is 1.47 bits per heavy atom. The normalized spacial score (nSPS) is 14.2. The van der Waals surface area contributed by atoms with Gasteiger partial charge in [-0.2, -0.15) is 0 Å². The highest BCUT2D eigenvalue weighted by Gasteiger charge is 2.23. The van der Waals surface area contributed by atoms with E-state index in [1.54, 1.807) is 13.0 Å². The summed E-state index contributed by atoms with van der Waals surface area (Å²) in [5.74, 6) is -0.509. The molecule has 0 spiro atoms. The van der Waals surface area contributed by atoms with Crippen LogP contribution in [0.1, 0.15) is 17.3 Å². The van der Waals surface area contributed by atoms with Crippen LogP contribution in [-0.2, 0) is 0 Å². The Hall–Kier alpha value is -1.11. The molecule has 5 nitrogen and oxygen atoms in total. The van der Waals surface area contributed by atoms with Crippen LogP contribution in [0.15, 0.2) is 22.7 Å². The molecule has 1 atom stereocenters. The van der Waals surface area contributed by atoms with E-state index >= 15 is 0 Å². The number of carbonyl (C=O) groups is 1. The monoisotopic (exact) mass is 330 g/mol. The fourth-order valence-electron chi connectivity index (χ4n) is 1.79. The van der Waals surface area contributed by atoms with Crippen molar-refractivity contribution in [3.8, 4) is 5.75 Å². The van der Waals surface area contributed by atoms with E-state index in [-0.39, 0.29) is 17.9 Å². The predicted octanol–water partition coefficient (Wildman–Crippen LogP) is 1.20. The van der Waals surface area contributed by atoms with E-state index in [1.807, 2.05) is 19.0 Å². The smallest absolute Gasteiger partial charge is 0.255 e. The number of rotatable bonds is 5. The van der Waals surface area contributed by atoms with Crippen molar-refractivity contribution in [2.75, 3.05) is 27.2 Å². The van der Waals surface area contributed by atoms with Crippen LogP contribution in [-0.4, -0.2) is 53.8 Å². The Morgan fingerprint density at radius 2 is 2.11 bits per heavy atom. The third-order valence-electron chi connectivity index (χ3n) is 2.49. The van der Waals surface area contributed by atoms with Crippen molar-refractivity contribution in [3.63, 3.8) is 0 Å². The van der Waals surface area contributed by atoms with E-state index in [1.165, 1.54) is 12.1 Å². The molecule has 0 bridgehead atoms. The van der Waals surface area contributed by atoms with Gasteiger partial charge < -0.3 is 20.4 Å². The molecule has 6 heteroatoms. The van der Waals surface area contributed by atoms with Crippen LogP contribution in [0, 0.1) is 0 Å². The van der Waals surface area contributed by atoms with E-state index in [0.29, 0.717) is 11.0 Å². The molecule has 0 heterocycles. The topological polar surface area (TPSA) is 72.8 Å². The molecule has 1 aromatic carbocycles. The summed E-state index contributed by atoms with van der Waals surface area (Å²) in [4.78, 5) is 13.8. The molecule has 0 aliphatic rings. The molecular weight excluding hydrogens is 312 g/mol. The quantitative estimate of drug-likeness (QED) is 0.758. The average molecular weight is 331 g/mol. The van der Waals surface area contributed by atoms with Crippen molar-refractivity contribution in [2.24, 2.45) is 0 Å². The highest BCUT2D eigenvalue weighted by atomic mass is 79.9. The molecule has 3 N–H and O–H groups in total. The molecule has 1 amide bonds. The first-order chi connectivity index (χ1) is 8.71. The summed E-state index contributed by atoms with van der Waals surface area (Å²) in [6.45, 7) is 2.18. The molecule has 0 fully saturated rings. The molecule has 0 aliphatic heterocycles. The highest BCUT2D eigenvalue weighted by molar-refractivity contribution is 9.10. The minimum Gasteiger partial charge on any atom is -0.507 e. The standard InChI is InChI=1S/C13H19BrN2O3/c1-13(19,8-16(2)3)7-15-12(18)10-6-9(14)4-5-11(10)17/h4-6,17,19H,7-8H2,1-3H3,(H,15,18). The van der Waals surface area contributed by atoms with Crippen molar-refractivity contribution < 1.29 is 15.0 Å². The van der Waals surface area contributed by atoms with Crippen LogP contribution < -0.4 is 5.32 Å². The van der Waals surface area contributed by atoms with Gasteiger partial charge in [-0.05, 0) is 39.2 Å². The summed E-state index contributed by atoms with van der Waals surface area (Å²) in [7, 11) is 3.69. The first kappa shape index (κ1) is 15.9. The van der Waals surface area contributed by atoms with Gasteiger partial charge in [-0.1, -0.05) is 15.9 Å². The van der Waals surface area contributed by atoms with Gasteiger partial charge in [0, 0.05) is 17.6 Å². The second kappa shape index (κ2) is 6.36. The average Bonchev–Trinajstić information content (AvgIpc) is 2.27. The number of nitrogens with zero attached hydrogens (tertiary/aromatic N) is 1. The highest BCUT2D eigenvalue weighted by Crippen LogP contribution is 2.21. The maximum atomic E-state index is 11.9. The Morgan fingerprint density at radius 3 is 2.68 bits per heavy atom. The van der Waals surface area contributed by atoms with Crippen LogP contribution in [0.4, 0.5) is 0 Å². The number of hydrogen-bond donors (Lipinski definition) is 3. The van der Waals surface area contributed by atoms with E-state index in [4.69, 9.17) is 0 Å². The number of aromatic hydroxyl groups is 1. The van der Waals surface area contributed by atoms with Gasteiger partial charge in [0.05, 0.1) is 11.2 Å². The molecule has 106 valence electrons. The molecule has 0 aliphatic carbocycles. The van der Waals surface area contributed by atoms with Crippen molar-refractivity contribution >= 4 is 21.8 Å². The zero-order valence-electron chi connectivity index (χ0n) is 11.3. The van der Waals surface area contributed by atoms with E-state index < -0.39 is 11.5 Å². The minimum atomic E-state index is -1.03. The molecular formula is C13H19BrN2O3. The second-order valence-corrected chi connectivity index (χ2v) is 5.99. The van der Waals surface area contributed by atoms with Crippen LogP contribution in [0.3, 0.4) is 0 Å². The number of carbonyl (C=O) groups excluding carboxylic acids is 1. The van der Waals surface area contributed by atoms with Gasteiger partial charge in [0.1, 0.15) is 5.75 Å². The fraction of sp³-hybridized carbons (Fsp3) is 0.462. The van der Waals surface area contributed by atoms with Crippen molar-refractivity contribution in [1.29, 1.82) is 0 Å². The summed E-state index contributed by atoms with van der Waals surface area (Å²) in [6.07, 6.45) is 0. The zero-order chi connectivity index (χ0) is 14.6. The Bertz CT molecular complexity index is 461. The maximum absolute atomic E-state index is 11.9. The van der Waals surface area contributed by atoms with E-state index in [0.717, 1.165) is 0 Å². The molecule has 1 aromatic rings. The molecule has 0 saturated carbocycles. The first-order valence-corrected chi connectivity index (χ1v) is 6.64. The summed E-state index contributed by atoms with van der Waals surface area (Å²) in [5, 5.41) is 22.3. The van der Waals surface area contributed by atoms with Gasteiger partial charge in [-0.3, -0.25) is 4.79 Å². The van der Waals surface area contributed by atoms with Crippen LogP contribution in [0.2, 0.25) is 0 Å². The number of benzene rings is 1. The molecule has 1 rings (SSSR count). The van der Waals surface area contributed by atoms with Gasteiger partial charge in [0.2, 0.25) is 0 Å². The Balaban J connectivity index is 2.68. The zero-order valence-corrected chi connectivity index (χ0v) is 12.9. The Labute approximate surface area is 121 Å². The van der Waals surface area contributed by atoms with E-state index in [2.05, 4.69) is 21.2 Å².